The first-order chi connectivity index (χ1) is 9.63. The van der Waals surface area contributed by atoms with Crippen LogP contribution in [0, 0.1) is 0 Å². The summed E-state index contributed by atoms with van der Waals surface area (Å²) in [5.41, 5.74) is 0. The standard InChI is InChI=1S/C14H27N3O3/c1-2-8-16-9-11-17(12-10-16)14(20)15-7-5-3-4-6-13(18)19/h2-12H2,1H3,(H,15,20)(H,18,19). The molecule has 1 rings (SSSR count). The van der Waals surface area contributed by atoms with Crippen molar-refractivity contribution in [2.45, 2.75) is 39.0 Å². The molecule has 1 saturated heterocycles. The summed E-state index contributed by atoms with van der Waals surface area (Å²) in [7, 11) is 0. The minimum atomic E-state index is -0.751. The van der Waals surface area contributed by atoms with E-state index in [-0.39, 0.29) is 12.5 Å². The molecule has 6 nitrogen and oxygen atoms in total. The number of nitrogens with one attached hydrogen (secondary N) is 1. The summed E-state index contributed by atoms with van der Waals surface area (Å²) in [4.78, 5) is 26.5. The fourth-order valence-electron chi connectivity index (χ4n) is 2.38. The smallest absolute Gasteiger partial charge is 0.317 e. The van der Waals surface area contributed by atoms with Crippen molar-refractivity contribution in [3.63, 3.8) is 0 Å². The van der Waals surface area contributed by atoms with Gasteiger partial charge in [0, 0.05) is 39.1 Å². The number of unbranched alkanes of at least 4 members (excludes halogenated alkanes) is 2. The number of urea groups is 1. The summed E-state index contributed by atoms with van der Waals surface area (Å²) in [6.07, 6.45) is 3.74. The van der Waals surface area contributed by atoms with Crippen LogP contribution in [-0.2, 0) is 4.79 Å². The lowest BCUT2D eigenvalue weighted by Gasteiger charge is -2.34. The minimum Gasteiger partial charge on any atom is -0.481 e. The number of hydrogen-bond acceptors (Lipinski definition) is 3. The number of aliphatic carboxylic acids is 1. The molecule has 0 spiro atoms. The van der Waals surface area contributed by atoms with Crippen LogP contribution in [0.1, 0.15) is 39.0 Å². The predicted octanol–water partition coefficient (Wildman–Crippen LogP) is 1.37. The van der Waals surface area contributed by atoms with Gasteiger partial charge in [-0.25, -0.2) is 4.79 Å². The number of nitrogens with zero attached hydrogens (tertiary/aromatic N) is 2. The quantitative estimate of drug-likeness (QED) is 0.661. The third kappa shape index (κ3) is 6.75. The van der Waals surface area contributed by atoms with Crippen molar-refractivity contribution in [1.29, 1.82) is 0 Å². The predicted molar refractivity (Wildman–Crippen MR) is 77.8 cm³/mol. The van der Waals surface area contributed by atoms with Crippen LogP contribution in [0.25, 0.3) is 0 Å². The molecular weight excluding hydrogens is 258 g/mol. The lowest BCUT2D eigenvalue weighted by molar-refractivity contribution is -0.137. The summed E-state index contributed by atoms with van der Waals surface area (Å²) in [5, 5.41) is 11.4. The molecule has 20 heavy (non-hydrogen) atoms. The second kappa shape index (κ2) is 9.58. The Morgan fingerprint density at radius 2 is 1.80 bits per heavy atom. The van der Waals surface area contributed by atoms with Crippen molar-refractivity contribution in [1.82, 2.24) is 15.1 Å². The van der Waals surface area contributed by atoms with E-state index in [0.29, 0.717) is 13.0 Å². The van der Waals surface area contributed by atoms with Crippen molar-refractivity contribution in [3.8, 4) is 0 Å². The molecule has 0 aromatic heterocycles. The molecule has 6 heteroatoms. The van der Waals surface area contributed by atoms with Crippen LogP contribution < -0.4 is 5.32 Å². The van der Waals surface area contributed by atoms with Crippen LogP contribution in [0.2, 0.25) is 0 Å². The molecule has 0 aromatic carbocycles. The largest absolute Gasteiger partial charge is 0.481 e. The monoisotopic (exact) mass is 285 g/mol. The zero-order valence-corrected chi connectivity index (χ0v) is 12.4. The van der Waals surface area contributed by atoms with Crippen molar-refractivity contribution in [2.24, 2.45) is 0 Å². The molecule has 1 heterocycles. The maximum Gasteiger partial charge on any atom is 0.317 e. The highest BCUT2D eigenvalue weighted by Gasteiger charge is 2.19. The second-order valence-electron chi connectivity index (χ2n) is 5.27. The Labute approximate surface area is 121 Å². The molecule has 2 N–H and O–H groups in total. The Bertz CT molecular complexity index is 302. The van der Waals surface area contributed by atoms with Crippen LogP contribution in [-0.4, -0.2) is 66.2 Å². The summed E-state index contributed by atoms with van der Waals surface area (Å²) in [5.74, 6) is -0.751. The number of hydrogen-bond donors (Lipinski definition) is 2. The van der Waals surface area contributed by atoms with Gasteiger partial charge in [-0.05, 0) is 25.8 Å². The van der Waals surface area contributed by atoms with Gasteiger partial charge < -0.3 is 15.3 Å². The first kappa shape index (κ1) is 16.8. The third-order valence-electron chi connectivity index (χ3n) is 3.54. The van der Waals surface area contributed by atoms with Crippen LogP contribution in [0.5, 0.6) is 0 Å². The fraction of sp³-hybridized carbons (Fsp3) is 0.857. The minimum absolute atomic E-state index is 0.0133. The highest BCUT2D eigenvalue weighted by atomic mass is 16.4. The second-order valence-corrected chi connectivity index (χ2v) is 5.27. The molecule has 0 saturated carbocycles. The molecular formula is C14H27N3O3. The fourth-order valence-corrected chi connectivity index (χ4v) is 2.38. The normalized spacial score (nSPS) is 16.1. The number of carbonyl (C=O) groups excluding carboxylic acids is 1. The SMILES string of the molecule is CCCN1CCN(C(=O)NCCCCCC(=O)O)CC1. The van der Waals surface area contributed by atoms with E-state index in [4.69, 9.17) is 5.11 Å². The van der Waals surface area contributed by atoms with E-state index in [1.807, 2.05) is 4.90 Å². The number of amides is 2. The van der Waals surface area contributed by atoms with Gasteiger partial charge >= 0.3 is 12.0 Å². The van der Waals surface area contributed by atoms with Crippen LogP contribution >= 0.6 is 0 Å². The molecule has 2 amide bonds. The number of rotatable bonds is 8. The summed E-state index contributed by atoms with van der Waals surface area (Å²) >= 11 is 0. The lowest BCUT2D eigenvalue weighted by Crippen LogP contribution is -2.51. The lowest BCUT2D eigenvalue weighted by atomic mass is 10.2. The molecule has 0 unspecified atom stereocenters. The highest BCUT2D eigenvalue weighted by Crippen LogP contribution is 2.03. The van der Waals surface area contributed by atoms with Gasteiger partial charge in [-0.15, -0.1) is 0 Å². The number of carbonyl (C=O) groups is 2. The molecule has 0 aromatic rings. The molecule has 116 valence electrons. The van der Waals surface area contributed by atoms with Crippen LogP contribution in [0.3, 0.4) is 0 Å². The number of carboxylic acid groups (broad SMARTS) is 1. The third-order valence-corrected chi connectivity index (χ3v) is 3.54. The number of carboxylic acids is 1. The van der Waals surface area contributed by atoms with Crippen LogP contribution in [0.4, 0.5) is 4.79 Å². The molecule has 0 aliphatic carbocycles. The average molecular weight is 285 g/mol. The summed E-state index contributed by atoms with van der Waals surface area (Å²) < 4.78 is 0. The van der Waals surface area contributed by atoms with Crippen molar-refractivity contribution in [2.75, 3.05) is 39.3 Å². The summed E-state index contributed by atoms with van der Waals surface area (Å²) in [6, 6.07) is 0.0133. The van der Waals surface area contributed by atoms with E-state index >= 15 is 0 Å². The molecule has 1 aliphatic rings. The van der Waals surface area contributed by atoms with Gasteiger partial charge in [0.15, 0.2) is 0 Å². The van der Waals surface area contributed by atoms with E-state index in [9.17, 15) is 9.59 Å². The number of piperazine rings is 1. The van der Waals surface area contributed by atoms with Gasteiger partial charge in [0.1, 0.15) is 0 Å². The Morgan fingerprint density at radius 3 is 2.40 bits per heavy atom. The van der Waals surface area contributed by atoms with Crippen molar-refractivity contribution in [3.05, 3.63) is 0 Å². The Morgan fingerprint density at radius 1 is 1.10 bits per heavy atom. The zero-order valence-electron chi connectivity index (χ0n) is 12.4. The van der Waals surface area contributed by atoms with Gasteiger partial charge in [0.25, 0.3) is 0 Å². The van der Waals surface area contributed by atoms with Gasteiger partial charge in [0.05, 0.1) is 0 Å². The van der Waals surface area contributed by atoms with Crippen molar-refractivity contribution >= 4 is 12.0 Å². The Kier molecular flexibility index (Phi) is 8.02. The van der Waals surface area contributed by atoms with Gasteiger partial charge in [0.2, 0.25) is 0 Å². The first-order valence-electron chi connectivity index (χ1n) is 7.60. The van der Waals surface area contributed by atoms with Gasteiger partial charge in [-0.1, -0.05) is 13.3 Å². The molecule has 0 bridgehead atoms. The zero-order chi connectivity index (χ0) is 14.8. The topological polar surface area (TPSA) is 72.9 Å². The van der Waals surface area contributed by atoms with E-state index in [2.05, 4.69) is 17.1 Å². The molecule has 0 atom stereocenters. The van der Waals surface area contributed by atoms with E-state index in [1.165, 1.54) is 0 Å². The van der Waals surface area contributed by atoms with Crippen LogP contribution in [0.15, 0.2) is 0 Å². The van der Waals surface area contributed by atoms with Gasteiger partial charge in [-0.2, -0.15) is 0 Å². The van der Waals surface area contributed by atoms with Gasteiger partial charge in [-0.3, -0.25) is 9.69 Å². The molecule has 1 aliphatic heterocycles. The van der Waals surface area contributed by atoms with E-state index in [0.717, 1.165) is 52.0 Å². The summed E-state index contributed by atoms with van der Waals surface area (Å²) in [6.45, 7) is 7.42. The maximum atomic E-state index is 11.9. The van der Waals surface area contributed by atoms with Crippen molar-refractivity contribution < 1.29 is 14.7 Å². The molecule has 0 radical (unpaired) electrons. The highest BCUT2D eigenvalue weighted by molar-refractivity contribution is 5.74. The Hall–Kier alpha value is -1.30. The first-order valence-corrected chi connectivity index (χ1v) is 7.60. The maximum absolute atomic E-state index is 11.9. The Balaban J connectivity index is 2.04. The molecule has 1 fully saturated rings. The van der Waals surface area contributed by atoms with E-state index in [1.54, 1.807) is 0 Å². The van der Waals surface area contributed by atoms with E-state index < -0.39 is 5.97 Å². The average Bonchev–Trinajstić information content (AvgIpc) is 2.43.